The van der Waals surface area contributed by atoms with Crippen LogP contribution in [0.15, 0.2) is 54.6 Å². The Morgan fingerprint density at radius 2 is 1.32 bits per heavy atom. The van der Waals surface area contributed by atoms with E-state index in [0.717, 1.165) is 24.8 Å². The lowest BCUT2D eigenvalue weighted by Crippen LogP contribution is -2.58. The standard InChI is InChI=1S/C42H64N4O9S/c1-7-8-9-10-11-12-13-17-27-54-37(48)24-26-46(5)40(51)36(30-31-18-15-14-16-19-31)44-38(49)34(25-28-56(6)53)43-39(50)35(45-41(52)55-42(2,3)4)29-32-20-22-33(47)23-21-32/h14-16,18-23,34-36,47H,7-13,17,24-30H2,1-6H3,(H,43,50)(H,44,49)(H,45,52)/t34-,35+,36+,56?/m1/s1. The lowest BCUT2D eigenvalue weighted by molar-refractivity contribution is -0.145. The summed E-state index contributed by atoms with van der Waals surface area (Å²) >= 11 is 0. The molecule has 0 spiro atoms. The van der Waals surface area contributed by atoms with E-state index >= 15 is 0 Å². The van der Waals surface area contributed by atoms with Gasteiger partial charge in [-0.3, -0.25) is 23.4 Å². The van der Waals surface area contributed by atoms with E-state index in [1.807, 2.05) is 30.3 Å². The Hall–Kier alpha value is -4.46. The zero-order valence-electron chi connectivity index (χ0n) is 34.1. The van der Waals surface area contributed by atoms with Gasteiger partial charge in [0.15, 0.2) is 0 Å². The number of ether oxygens (including phenoxy) is 2. The molecular formula is C42H64N4O9S. The van der Waals surface area contributed by atoms with E-state index in [2.05, 4.69) is 22.9 Å². The highest BCUT2D eigenvalue weighted by Gasteiger charge is 2.32. The molecule has 0 fully saturated rings. The molecule has 14 heteroatoms. The average Bonchev–Trinajstić information content (AvgIpc) is 3.14. The SMILES string of the molecule is CCCCCCCCCCOC(=O)CCN(C)C(=O)[C@H](Cc1ccccc1)NC(=O)[C@@H](CCS(C)=O)NC(=O)[C@H](Cc1ccc(O)cc1)NC(=O)OC(C)(C)C. The number of carbonyl (C=O) groups is 5. The number of unbranched alkanes of at least 4 members (excludes halogenated alkanes) is 7. The van der Waals surface area contributed by atoms with E-state index in [4.69, 9.17) is 9.47 Å². The number of hydrogen-bond acceptors (Lipinski definition) is 9. The fraction of sp³-hybridized carbons (Fsp3) is 0.595. The Balaban J connectivity index is 2.16. The van der Waals surface area contributed by atoms with Crippen LogP contribution in [0.25, 0.3) is 0 Å². The first-order valence-electron chi connectivity index (χ1n) is 19.7. The van der Waals surface area contributed by atoms with E-state index in [0.29, 0.717) is 12.2 Å². The molecule has 4 N–H and O–H groups in total. The summed E-state index contributed by atoms with van der Waals surface area (Å²) in [5, 5.41) is 17.8. The summed E-state index contributed by atoms with van der Waals surface area (Å²) in [5.41, 5.74) is 0.538. The zero-order valence-corrected chi connectivity index (χ0v) is 34.9. The van der Waals surface area contributed by atoms with Gasteiger partial charge in [0.2, 0.25) is 17.7 Å². The van der Waals surface area contributed by atoms with Gasteiger partial charge in [0.1, 0.15) is 29.5 Å². The third-order valence-electron chi connectivity index (χ3n) is 8.90. The van der Waals surface area contributed by atoms with Crippen molar-refractivity contribution in [1.29, 1.82) is 0 Å². The largest absolute Gasteiger partial charge is 0.508 e. The van der Waals surface area contributed by atoms with Gasteiger partial charge in [0, 0.05) is 49.2 Å². The van der Waals surface area contributed by atoms with Crippen LogP contribution in [0.3, 0.4) is 0 Å². The van der Waals surface area contributed by atoms with Gasteiger partial charge in [-0.25, -0.2) is 4.79 Å². The molecule has 4 atom stereocenters. The molecule has 0 aliphatic rings. The highest BCUT2D eigenvalue weighted by Crippen LogP contribution is 2.14. The number of aromatic hydroxyl groups is 1. The normalized spacial score (nSPS) is 13.4. The molecule has 0 aromatic heterocycles. The molecule has 0 aliphatic carbocycles. The van der Waals surface area contributed by atoms with Gasteiger partial charge in [-0.2, -0.15) is 0 Å². The molecule has 0 saturated heterocycles. The summed E-state index contributed by atoms with van der Waals surface area (Å²) in [6.07, 6.45) is 9.75. The Kier molecular flexibility index (Phi) is 21.8. The summed E-state index contributed by atoms with van der Waals surface area (Å²) in [7, 11) is 0.229. The van der Waals surface area contributed by atoms with Gasteiger partial charge in [-0.05, 0) is 56.9 Å². The number of benzene rings is 2. The minimum Gasteiger partial charge on any atom is -0.508 e. The third-order valence-corrected chi connectivity index (χ3v) is 9.71. The van der Waals surface area contributed by atoms with Gasteiger partial charge in [0.25, 0.3) is 0 Å². The number of likely N-dealkylation sites (N-methyl/N-ethyl adjacent to an activating group) is 1. The Labute approximate surface area is 335 Å². The van der Waals surface area contributed by atoms with Gasteiger partial charge in [-0.1, -0.05) is 94.3 Å². The molecule has 0 radical (unpaired) electrons. The molecule has 0 aliphatic heterocycles. The van der Waals surface area contributed by atoms with Crippen molar-refractivity contribution >= 4 is 40.6 Å². The first kappa shape index (κ1) is 47.7. The highest BCUT2D eigenvalue weighted by molar-refractivity contribution is 7.84. The zero-order chi connectivity index (χ0) is 41.5. The van der Waals surface area contributed by atoms with Crippen LogP contribution in [-0.2, 0) is 52.3 Å². The maximum absolute atomic E-state index is 14.0. The second kappa shape index (κ2) is 25.6. The molecule has 0 heterocycles. The van der Waals surface area contributed by atoms with Crippen LogP contribution in [0, 0.1) is 0 Å². The summed E-state index contributed by atoms with van der Waals surface area (Å²) in [6, 6.07) is 11.7. The molecule has 2 aromatic rings. The van der Waals surface area contributed by atoms with Crippen molar-refractivity contribution in [3.8, 4) is 5.75 Å². The number of phenolic OH excluding ortho intramolecular Hbond substituents is 1. The number of rotatable bonds is 25. The van der Waals surface area contributed by atoms with Crippen LogP contribution in [0.4, 0.5) is 4.79 Å². The predicted molar refractivity (Wildman–Crippen MR) is 218 cm³/mol. The number of hydrogen-bond donors (Lipinski definition) is 4. The van der Waals surface area contributed by atoms with Crippen molar-refractivity contribution < 1.29 is 42.8 Å². The lowest BCUT2D eigenvalue weighted by Gasteiger charge is -2.28. The Bertz CT molecular complexity index is 1530. The maximum atomic E-state index is 14.0. The number of nitrogens with one attached hydrogen (secondary N) is 3. The second-order valence-electron chi connectivity index (χ2n) is 15.2. The van der Waals surface area contributed by atoms with Gasteiger partial charge < -0.3 is 35.4 Å². The summed E-state index contributed by atoms with van der Waals surface area (Å²) in [4.78, 5) is 68.3. The molecule has 2 rings (SSSR count). The first-order valence-corrected chi connectivity index (χ1v) is 21.4. The molecule has 2 aromatic carbocycles. The van der Waals surface area contributed by atoms with Crippen molar-refractivity contribution in [1.82, 2.24) is 20.9 Å². The van der Waals surface area contributed by atoms with Crippen molar-refractivity contribution in [3.63, 3.8) is 0 Å². The van der Waals surface area contributed by atoms with Crippen LogP contribution in [-0.4, -0.2) is 99.9 Å². The van der Waals surface area contributed by atoms with Crippen molar-refractivity contribution in [3.05, 3.63) is 65.7 Å². The quantitative estimate of drug-likeness (QED) is 0.0762. The second-order valence-corrected chi connectivity index (χ2v) is 16.7. The van der Waals surface area contributed by atoms with E-state index < -0.39 is 64.3 Å². The summed E-state index contributed by atoms with van der Waals surface area (Å²) in [6.45, 7) is 7.64. The van der Waals surface area contributed by atoms with Crippen LogP contribution < -0.4 is 16.0 Å². The topological polar surface area (TPSA) is 180 Å². The smallest absolute Gasteiger partial charge is 0.408 e. The molecule has 13 nitrogen and oxygen atoms in total. The highest BCUT2D eigenvalue weighted by atomic mass is 32.2. The Morgan fingerprint density at radius 3 is 1.93 bits per heavy atom. The minimum absolute atomic E-state index is 0.000869. The molecule has 0 saturated carbocycles. The first-order chi connectivity index (χ1) is 26.6. The molecule has 1 unspecified atom stereocenters. The number of esters is 1. The molecule has 56 heavy (non-hydrogen) atoms. The van der Waals surface area contributed by atoms with Gasteiger partial charge >= 0.3 is 12.1 Å². The van der Waals surface area contributed by atoms with E-state index in [9.17, 15) is 33.3 Å². The Morgan fingerprint density at radius 1 is 0.768 bits per heavy atom. The van der Waals surface area contributed by atoms with E-state index in [1.54, 1.807) is 40.0 Å². The van der Waals surface area contributed by atoms with Gasteiger partial charge in [-0.15, -0.1) is 0 Å². The average molecular weight is 801 g/mol. The van der Waals surface area contributed by atoms with Crippen LogP contribution in [0.5, 0.6) is 5.75 Å². The van der Waals surface area contributed by atoms with E-state index in [1.165, 1.54) is 55.4 Å². The van der Waals surface area contributed by atoms with E-state index in [-0.39, 0.29) is 43.7 Å². The van der Waals surface area contributed by atoms with Crippen LogP contribution in [0.2, 0.25) is 0 Å². The van der Waals surface area contributed by atoms with Crippen LogP contribution in [0.1, 0.15) is 103 Å². The van der Waals surface area contributed by atoms with Gasteiger partial charge in [0.05, 0.1) is 13.0 Å². The number of phenols is 1. The maximum Gasteiger partial charge on any atom is 0.408 e. The molecule has 312 valence electrons. The predicted octanol–water partition coefficient (Wildman–Crippen LogP) is 5.34. The number of carbonyl (C=O) groups excluding carboxylic acids is 5. The fourth-order valence-electron chi connectivity index (χ4n) is 5.80. The third kappa shape index (κ3) is 20.5. The van der Waals surface area contributed by atoms with Crippen molar-refractivity contribution in [2.45, 2.75) is 128 Å². The monoisotopic (exact) mass is 800 g/mol. The number of nitrogens with zero attached hydrogens (tertiary/aromatic N) is 1. The van der Waals surface area contributed by atoms with Crippen LogP contribution >= 0.6 is 0 Å². The number of alkyl carbamates (subject to hydrolysis) is 1. The minimum atomic E-state index is -1.32. The fourth-order valence-corrected chi connectivity index (χ4v) is 6.37. The summed E-state index contributed by atoms with van der Waals surface area (Å²) in [5.74, 6) is -2.15. The molecule has 4 amide bonds. The van der Waals surface area contributed by atoms with Crippen molar-refractivity contribution in [2.24, 2.45) is 0 Å². The lowest BCUT2D eigenvalue weighted by atomic mass is 10.0. The molecule has 0 bridgehead atoms. The molecular weight excluding hydrogens is 737 g/mol. The summed E-state index contributed by atoms with van der Waals surface area (Å²) < 4.78 is 22.9. The number of amides is 4. The van der Waals surface area contributed by atoms with Crippen molar-refractivity contribution in [2.75, 3.05) is 32.2 Å².